The highest BCUT2D eigenvalue weighted by atomic mass is 28.3. The molecule has 0 N–H and O–H groups in total. The summed E-state index contributed by atoms with van der Waals surface area (Å²) >= 11 is 0. The third kappa shape index (κ3) is 11.7. The van der Waals surface area contributed by atoms with Crippen LogP contribution in [0.3, 0.4) is 0 Å². The second-order valence-corrected chi connectivity index (χ2v) is 20.3. The zero-order valence-electron chi connectivity index (χ0n) is 19.1. The van der Waals surface area contributed by atoms with Crippen LogP contribution in [0.1, 0.15) is 71.1 Å². The Labute approximate surface area is 170 Å². The highest BCUT2D eigenvalue weighted by Gasteiger charge is 2.42. The minimum absolute atomic E-state index is 0.189. The quantitative estimate of drug-likeness (QED) is 0.129. The molecule has 0 spiro atoms. The normalized spacial score (nSPS) is 13.1. The van der Waals surface area contributed by atoms with Gasteiger partial charge in [0.2, 0.25) is 0 Å². The van der Waals surface area contributed by atoms with Crippen LogP contribution < -0.4 is 0 Å². The Morgan fingerprint density at radius 1 is 0.815 bits per heavy atom. The molecule has 5 heteroatoms. The average Bonchev–Trinajstić information content (AvgIpc) is 2.54. The molecule has 0 radical (unpaired) electrons. The highest BCUT2D eigenvalue weighted by molar-refractivity contribution is 6.90. The SMILES string of the molecule is CCCCCCCCCCCCOC(=O)C(C(=C=O)[Si](C)(C)C)[Si](C)(C)C. The fraction of sp³-hybridized carbons (Fsp3) is 0.864. The molecule has 0 amide bonds. The van der Waals surface area contributed by atoms with E-state index >= 15 is 0 Å². The first-order chi connectivity index (χ1) is 12.6. The topological polar surface area (TPSA) is 43.4 Å². The van der Waals surface area contributed by atoms with E-state index in [0.717, 1.165) is 12.8 Å². The van der Waals surface area contributed by atoms with Crippen LogP contribution in [-0.2, 0) is 14.3 Å². The predicted molar refractivity (Wildman–Crippen MR) is 122 cm³/mol. The maximum Gasteiger partial charge on any atom is 0.310 e. The number of unbranched alkanes of at least 4 members (excludes halogenated alkanes) is 9. The van der Waals surface area contributed by atoms with E-state index in [1.54, 1.807) is 0 Å². The van der Waals surface area contributed by atoms with Crippen LogP contribution in [-0.4, -0.2) is 34.7 Å². The number of ether oxygens (including phenoxy) is 1. The van der Waals surface area contributed by atoms with Crippen LogP contribution in [0.2, 0.25) is 44.8 Å². The van der Waals surface area contributed by atoms with Crippen LogP contribution in [0.4, 0.5) is 0 Å². The van der Waals surface area contributed by atoms with Gasteiger partial charge in [0.05, 0.1) is 28.3 Å². The van der Waals surface area contributed by atoms with Crippen molar-refractivity contribution in [1.82, 2.24) is 0 Å². The molecule has 0 aliphatic rings. The standard InChI is InChI=1S/C22H44O3Si2/c1-8-9-10-11-12-13-14-15-16-17-18-25-22(24)21(27(5,6)7)20(19-23)26(2,3)4/h21H,8-18H2,1-7H3. The van der Waals surface area contributed by atoms with E-state index in [1.807, 2.05) is 0 Å². The van der Waals surface area contributed by atoms with Crippen molar-refractivity contribution in [3.8, 4) is 0 Å². The van der Waals surface area contributed by atoms with Crippen molar-refractivity contribution in [3.05, 3.63) is 5.20 Å². The zero-order chi connectivity index (χ0) is 20.9. The van der Waals surface area contributed by atoms with Crippen molar-refractivity contribution in [2.45, 2.75) is 116 Å². The Morgan fingerprint density at radius 2 is 1.26 bits per heavy atom. The summed E-state index contributed by atoms with van der Waals surface area (Å²) in [4.78, 5) is 24.3. The first-order valence-electron chi connectivity index (χ1n) is 11.0. The van der Waals surface area contributed by atoms with Gasteiger partial charge in [0.1, 0.15) is 5.94 Å². The van der Waals surface area contributed by atoms with Gasteiger partial charge < -0.3 is 4.74 Å². The zero-order valence-corrected chi connectivity index (χ0v) is 21.1. The van der Waals surface area contributed by atoms with Gasteiger partial charge in [-0.15, -0.1) is 0 Å². The smallest absolute Gasteiger partial charge is 0.310 e. The van der Waals surface area contributed by atoms with Gasteiger partial charge in [-0.05, 0) is 6.42 Å². The molecular weight excluding hydrogens is 368 g/mol. The molecule has 0 aromatic heterocycles. The molecule has 0 saturated heterocycles. The Hall–Kier alpha value is -0.646. The van der Waals surface area contributed by atoms with Gasteiger partial charge in [-0.3, -0.25) is 4.79 Å². The Bertz CT molecular complexity index is 469. The lowest BCUT2D eigenvalue weighted by Gasteiger charge is -2.32. The lowest BCUT2D eigenvalue weighted by molar-refractivity contribution is -0.142. The molecule has 0 saturated carbocycles. The van der Waals surface area contributed by atoms with E-state index in [9.17, 15) is 9.59 Å². The first kappa shape index (κ1) is 26.4. The van der Waals surface area contributed by atoms with E-state index in [4.69, 9.17) is 4.74 Å². The fourth-order valence-electron chi connectivity index (χ4n) is 3.40. The number of esters is 1. The number of carbonyl (C=O) groups excluding carboxylic acids is 2. The van der Waals surface area contributed by atoms with E-state index in [0.29, 0.717) is 11.8 Å². The van der Waals surface area contributed by atoms with Crippen molar-refractivity contribution < 1.29 is 14.3 Å². The van der Waals surface area contributed by atoms with Crippen LogP contribution >= 0.6 is 0 Å². The maximum absolute atomic E-state index is 12.7. The van der Waals surface area contributed by atoms with E-state index in [1.165, 1.54) is 51.4 Å². The van der Waals surface area contributed by atoms with Gasteiger partial charge in [-0.2, -0.15) is 0 Å². The van der Waals surface area contributed by atoms with Gasteiger partial charge in [0.15, 0.2) is 0 Å². The number of hydrogen-bond acceptors (Lipinski definition) is 3. The molecule has 0 aromatic carbocycles. The fourth-order valence-corrected chi connectivity index (χ4v) is 9.00. The molecule has 0 aliphatic heterocycles. The van der Waals surface area contributed by atoms with Crippen molar-refractivity contribution in [3.63, 3.8) is 0 Å². The predicted octanol–water partition coefficient (Wildman–Crippen LogP) is 6.79. The molecule has 0 bridgehead atoms. The van der Waals surface area contributed by atoms with E-state index in [-0.39, 0.29) is 11.5 Å². The Morgan fingerprint density at radius 3 is 1.63 bits per heavy atom. The number of rotatable bonds is 15. The molecule has 0 rings (SSSR count). The molecule has 1 atom stereocenters. The minimum atomic E-state index is -1.88. The van der Waals surface area contributed by atoms with E-state index in [2.05, 4.69) is 52.1 Å². The molecule has 0 fully saturated rings. The molecule has 1 unspecified atom stereocenters. The average molecular weight is 413 g/mol. The molecule has 0 heterocycles. The Balaban J connectivity index is 4.22. The second kappa shape index (κ2) is 13.5. The van der Waals surface area contributed by atoms with Crippen LogP contribution in [0.15, 0.2) is 5.20 Å². The van der Waals surface area contributed by atoms with Crippen molar-refractivity contribution in [2.75, 3.05) is 6.61 Å². The van der Waals surface area contributed by atoms with Crippen molar-refractivity contribution in [1.29, 1.82) is 0 Å². The number of hydrogen-bond donors (Lipinski definition) is 0. The third-order valence-electron chi connectivity index (χ3n) is 5.05. The summed E-state index contributed by atoms with van der Waals surface area (Å²) in [6, 6.07) is 0. The largest absolute Gasteiger partial charge is 0.465 e. The summed E-state index contributed by atoms with van der Waals surface area (Å²) in [5.74, 6) is 1.95. The van der Waals surface area contributed by atoms with Gasteiger partial charge >= 0.3 is 5.97 Å². The van der Waals surface area contributed by atoms with E-state index < -0.39 is 16.1 Å². The third-order valence-corrected chi connectivity index (χ3v) is 9.60. The van der Waals surface area contributed by atoms with Gasteiger partial charge in [0.25, 0.3) is 0 Å². The minimum Gasteiger partial charge on any atom is -0.465 e. The summed E-state index contributed by atoms with van der Waals surface area (Å²) in [7, 11) is -3.76. The van der Waals surface area contributed by atoms with Crippen LogP contribution in [0.25, 0.3) is 0 Å². The lowest BCUT2D eigenvalue weighted by Crippen LogP contribution is -2.43. The summed E-state index contributed by atoms with van der Waals surface area (Å²) in [5, 5.41) is 0.703. The molecule has 158 valence electrons. The van der Waals surface area contributed by atoms with Gasteiger partial charge in [0, 0.05) is 5.20 Å². The monoisotopic (exact) mass is 412 g/mol. The molecule has 0 aliphatic carbocycles. The first-order valence-corrected chi connectivity index (χ1v) is 18.1. The summed E-state index contributed by atoms with van der Waals surface area (Å²) in [6.07, 6.45) is 12.6. The summed E-state index contributed by atoms with van der Waals surface area (Å²) in [5.41, 5.74) is -0.343. The summed E-state index contributed by atoms with van der Waals surface area (Å²) in [6.45, 7) is 15.5. The molecule has 27 heavy (non-hydrogen) atoms. The maximum atomic E-state index is 12.7. The molecule has 3 nitrogen and oxygen atoms in total. The lowest BCUT2D eigenvalue weighted by atomic mass is 10.1. The van der Waals surface area contributed by atoms with Crippen LogP contribution in [0.5, 0.6) is 0 Å². The molecule has 0 aromatic rings. The second-order valence-electron chi connectivity index (χ2n) is 9.91. The molecular formula is C22H44O3Si2. The van der Waals surface area contributed by atoms with Crippen molar-refractivity contribution >= 4 is 28.1 Å². The summed E-state index contributed by atoms with van der Waals surface area (Å²) < 4.78 is 5.60. The van der Waals surface area contributed by atoms with Crippen LogP contribution in [0, 0.1) is 0 Å². The Kier molecular flexibility index (Phi) is 13.2. The number of carbonyl (C=O) groups is 1. The van der Waals surface area contributed by atoms with Gasteiger partial charge in [-0.1, -0.05) is 104 Å². The van der Waals surface area contributed by atoms with Gasteiger partial charge in [-0.25, -0.2) is 4.79 Å². The van der Waals surface area contributed by atoms with Crippen molar-refractivity contribution in [2.24, 2.45) is 0 Å². The highest BCUT2D eigenvalue weighted by Crippen LogP contribution is 2.35.